The molecule has 0 spiro atoms. The van der Waals surface area contributed by atoms with Crippen molar-refractivity contribution in [3.8, 4) is 0 Å². The van der Waals surface area contributed by atoms with Crippen molar-refractivity contribution >= 4 is 20.7 Å². The van der Waals surface area contributed by atoms with E-state index in [1.165, 1.54) is 5.56 Å². The van der Waals surface area contributed by atoms with E-state index in [-0.39, 0.29) is 5.41 Å². The number of hydrogen-bond acceptors (Lipinski definition) is 3. The molecule has 1 unspecified atom stereocenters. The van der Waals surface area contributed by atoms with Crippen LogP contribution in [0.3, 0.4) is 0 Å². The number of benzene rings is 2. The summed E-state index contributed by atoms with van der Waals surface area (Å²) in [4.78, 5) is 3.77. The standard InChI is InChI=1S/C22H28N2O2S/c1-16(22(2,3)4)23-13-12-17-10-11-19-20(14-17)24-15-21(19)27(25,26)18-8-6-5-7-9-18/h5-11,14-16,23-24H,12-13H2,1-4H3. The number of nitrogens with one attached hydrogen (secondary N) is 2. The Morgan fingerprint density at radius 1 is 1.07 bits per heavy atom. The van der Waals surface area contributed by atoms with Crippen molar-refractivity contribution in [2.24, 2.45) is 5.41 Å². The monoisotopic (exact) mass is 384 g/mol. The lowest BCUT2D eigenvalue weighted by molar-refractivity contribution is 0.288. The van der Waals surface area contributed by atoms with Crippen LogP contribution in [0.5, 0.6) is 0 Å². The lowest BCUT2D eigenvalue weighted by Gasteiger charge is -2.28. The topological polar surface area (TPSA) is 62.0 Å². The van der Waals surface area contributed by atoms with E-state index >= 15 is 0 Å². The van der Waals surface area contributed by atoms with Gasteiger partial charge in [0.1, 0.15) is 0 Å². The van der Waals surface area contributed by atoms with E-state index in [9.17, 15) is 8.42 Å². The Morgan fingerprint density at radius 3 is 2.44 bits per heavy atom. The van der Waals surface area contributed by atoms with Gasteiger partial charge in [0.05, 0.1) is 9.79 Å². The molecule has 5 heteroatoms. The summed E-state index contributed by atoms with van der Waals surface area (Å²) < 4.78 is 25.8. The Labute approximate surface area is 161 Å². The average Bonchev–Trinajstić information content (AvgIpc) is 3.05. The third-order valence-corrected chi connectivity index (χ3v) is 7.02. The molecule has 0 saturated carbocycles. The van der Waals surface area contributed by atoms with Crippen LogP contribution < -0.4 is 5.32 Å². The number of rotatable bonds is 6. The third kappa shape index (κ3) is 4.25. The van der Waals surface area contributed by atoms with Gasteiger partial charge >= 0.3 is 0 Å². The van der Waals surface area contributed by atoms with E-state index in [4.69, 9.17) is 0 Å². The van der Waals surface area contributed by atoms with Gasteiger partial charge in [0.2, 0.25) is 9.84 Å². The third-order valence-electron chi connectivity index (χ3n) is 5.21. The van der Waals surface area contributed by atoms with Crippen molar-refractivity contribution in [1.82, 2.24) is 10.3 Å². The Hall–Kier alpha value is -2.11. The maximum Gasteiger partial charge on any atom is 0.208 e. The van der Waals surface area contributed by atoms with E-state index in [1.807, 2.05) is 24.3 Å². The van der Waals surface area contributed by atoms with Crippen molar-refractivity contribution in [3.05, 3.63) is 60.3 Å². The number of hydrogen-bond donors (Lipinski definition) is 2. The second-order valence-electron chi connectivity index (χ2n) is 8.14. The molecule has 0 radical (unpaired) electrons. The maximum absolute atomic E-state index is 12.9. The maximum atomic E-state index is 12.9. The smallest absolute Gasteiger partial charge is 0.208 e. The van der Waals surface area contributed by atoms with Crippen molar-refractivity contribution in [2.45, 2.75) is 49.9 Å². The van der Waals surface area contributed by atoms with E-state index in [0.717, 1.165) is 23.9 Å². The molecule has 4 nitrogen and oxygen atoms in total. The molecule has 1 heterocycles. The molecule has 3 rings (SSSR count). The molecule has 144 valence electrons. The quantitative estimate of drug-likeness (QED) is 0.654. The van der Waals surface area contributed by atoms with Crippen molar-refractivity contribution in [2.75, 3.05) is 6.54 Å². The zero-order valence-corrected chi connectivity index (χ0v) is 17.2. The molecule has 0 aliphatic rings. The highest BCUT2D eigenvalue weighted by atomic mass is 32.2. The van der Waals surface area contributed by atoms with E-state index in [0.29, 0.717) is 15.8 Å². The van der Waals surface area contributed by atoms with Crippen LogP contribution in [0.15, 0.2) is 64.5 Å². The van der Waals surface area contributed by atoms with Gasteiger partial charge in [-0.05, 0) is 49.1 Å². The van der Waals surface area contributed by atoms with E-state index < -0.39 is 9.84 Å². The van der Waals surface area contributed by atoms with Crippen LogP contribution >= 0.6 is 0 Å². The molecule has 0 bridgehead atoms. The molecule has 0 aliphatic carbocycles. The first-order chi connectivity index (χ1) is 12.7. The van der Waals surface area contributed by atoms with Crippen LogP contribution in [0.4, 0.5) is 0 Å². The largest absolute Gasteiger partial charge is 0.360 e. The van der Waals surface area contributed by atoms with Gasteiger partial charge in [-0.25, -0.2) is 8.42 Å². The fourth-order valence-corrected chi connectivity index (χ4v) is 4.44. The molecule has 27 heavy (non-hydrogen) atoms. The van der Waals surface area contributed by atoms with Gasteiger partial charge in [0.25, 0.3) is 0 Å². The van der Waals surface area contributed by atoms with Gasteiger partial charge in [0.15, 0.2) is 0 Å². The van der Waals surface area contributed by atoms with Crippen molar-refractivity contribution in [1.29, 1.82) is 0 Å². The van der Waals surface area contributed by atoms with Crippen LogP contribution in [0.1, 0.15) is 33.3 Å². The second kappa shape index (κ2) is 7.49. The summed E-state index contributed by atoms with van der Waals surface area (Å²) in [6.07, 6.45) is 2.49. The predicted molar refractivity (Wildman–Crippen MR) is 111 cm³/mol. The predicted octanol–water partition coefficient (Wildman–Crippen LogP) is 4.57. The Kier molecular flexibility index (Phi) is 5.45. The molecule has 0 saturated heterocycles. The summed E-state index contributed by atoms with van der Waals surface area (Å²) in [6, 6.07) is 15.0. The van der Waals surface area contributed by atoms with Gasteiger partial charge < -0.3 is 10.3 Å². The summed E-state index contributed by atoms with van der Waals surface area (Å²) in [7, 11) is -3.52. The lowest BCUT2D eigenvalue weighted by atomic mass is 9.88. The van der Waals surface area contributed by atoms with Crippen LogP contribution in [-0.2, 0) is 16.3 Å². The van der Waals surface area contributed by atoms with Gasteiger partial charge in [-0.3, -0.25) is 0 Å². The van der Waals surface area contributed by atoms with E-state index in [1.54, 1.807) is 30.5 Å². The number of aromatic amines is 1. The van der Waals surface area contributed by atoms with Crippen molar-refractivity contribution in [3.63, 3.8) is 0 Å². The first-order valence-corrected chi connectivity index (χ1v) is 10.8. The highest BCUT2D eigenvalue weighted by molar-refractivity contribution is 7.91. The van der Waals surface area contributed by atoms with Gasteiger partial charge in [0, 0.05) is 23.1 Å². The number of fused-ring (bicyclic) bond motifs is 1. The zero-order valence-electron chi connectivity index (χ0n) is 16.4. The molecule has 0 fully saturated rings. The highest BCUT2D eigenvalue weighted by Gasteiger charge is 2.22. The summed E-state index contributed by atoms with van der Waals surface area (Å²) in [6.45, 7) is 9.77. The zero-order chi connectivity index (χ0) is 19.7. The SMILES string of the molecule is CC(NCCc1ccc2c(S(=O)(=O)c3ccccc3)c[nH]c2c1)C(C)(C)C. The lowest BCUT2D eigenvalue weighted by Crippen LogP contribution is -2.38. The van der Waals surface area contributed by atoms with Crippen molar-refractivity contribution < 1.29 is 8.42 Å². The number of H-pyrrole nitrogens is 1. The Balaban J connectivity index is 1.79. The second-order valence-corrected chi connectivity index (χ2v) is 10.1. The Bertz CT molecular complexity index is 1020. The summed E-state index contributed by atoms with van der Waals surface area (Å²) >= 11 is 0. The number of sulfone groups is 1. The fraction of sp³-hybridized carbons (Fsp3) is 0.364. The van der Waals surface area contributed by atoms with Crippen LogP contribution in [0.2, 0.25) is 0 Å². The molecule has 1 atom stereocenters. The minimum atomic E-state index is -3.52. The molecule has 2 N–H and O–H groups in total. The van der Waals surface area contributed by atoms with Crippen LogP contribution in [-0.4, -0.2) is 26.0 Å². The van der Waals surface area contributed by atoms with Crippen LogP contribution in [0.25, 0.3) is 10.9 Å². The molecule has 3 aromatic rings. The molecular formula is C22H28N2O2S. The summed E-state index contributed by atoms with van der Waals surface area (Å²) in [5.74, 6) is 0. The normalized spacial score (nSPS) is 13.8. The highest BCUT2D eigenvalue weighted by Crippen LogP contribution is 2.29. The van der Waals surface area contributed by atoms with E-state index in [2.05, 4.69) is 38.0 Å². The first-order valence-electron chi connectivity index (χ1n) is 9.33. The number of aromatic nitrogens is 1. The molecular weight excluding hydrogens is 356 g/mol. The Morgan fingerprint density at radius 2 is 1.78 bits per heavy atom. The fourth-order valence-electron chi connectivity index (χ4n) is 2.99. The van der Waals surface area contributed by atoms with Gasteiger partial charge in [-0.15, -0.1) is 0 Å². The molecule has 0 amide bonds. The molecule has 1 aromatic heterocycles. The average molecular weight is 385 g/mol. The first kappa shape index (κ1) is 19.6. The van der Waals surface area contributed by atoms with Gasteiger partial charge in [-0.2, -0.15) is 0 Å². The van der Waals surface area contributed by atoms with Crippen LogP contribution in [0, 0.1) is 5.41 Å². The molecule has 0 aliphatic heterocycles. The minimum Gasteiger partial charge on any atom is -0.360 e. The summed E-state index contributed by atoms with van der Waals surface area (Å²) in [5, 5.41) is 4.30. The molecule has 2 aromatic carbocycles. The van der Waals surface area contributed by atoms with Gasteiger partial charge in [-0.1, -0.05) is 51.1 Å². The summed E-state index contributed by atoms with van der Waals surface area (Å²) in [5.41, 5.74) is 2.26. The minimum absolute atomic E-state index is 0.226.